The number of sulfonamides is 1. The summed E-state index contributed by atoms with van der Waals surface area (Å²) in [5.41, 5.74) is 0.0525. The van der Waals surface area contributed by atoms with Crippen LogP contribution in [0.5, 0.6) is 0 Å². The molecule has 1 fully saturated rings. The van der Waals surface area contributed by atoms with Crippen molar-refractivity contribution in [1.29, 1.82) is 0 Å². The largest absolute Gasteiger partial charge is 0.481 e. The monoisotopic (exact) mass is 656 g/mol. The lowest BCUT2D eigenvalue weighted by molar-refractivity contribution is -0.140. The van der Waals surface area contributed by atoms with Crippen LogP contribution < -0.4 is 5.32 Å². The number of carboxylic acids is 1. The first-order valence-electron chi connectivity index (χ1n) is 14.3. The Hall–Kier alpha value is -3.14. The number of nitrogens with one attached hydrogen (secondary N) is 1. The molecular weight excluding hydrogens is 621 g/mol. The van der Waals surface area contributed by atoms with E-state index in [9.17, 15) is 31.2 Å². The van der Waals surface area contributed by atoms with Crippen molar-refractivity contribution in [1.82, 2.24) is 14.3 Å². The maximum absolute atomic E-state index is 14.5. The van der Waals surface area contributed by atoms with E-state index in [0.717, 1.165) is 49.9 Å². The van der Waals surface area contributed by atoms with Crippen molar-refractivity contribution in [3.8, 4) is 0 Å². The third-order valence-electron chi connectivity index (χ3n) is 7.71. The summed E-state index contributed by atoms with van der Waals surface area (Å²) in [6.45, 7) is 0.936. The molecule has 0 spiro atoms. The molecule has 0 radical (unpaired) electrons. The molecular formula is C29H35F3N4O6S2. The zero-order valence-electron chi connectivity index (χ0n) is 24.4. The summed E-state index contributed by atoms with van der Waals surface area (Å²) in [4.78, 5) is 33.3. The highest BCUT2D eigenvalue weighted by Gasteiger charge is 2.40. The average Bonchev–Trinajstić information content (AvgIpc) is 3.63. The molecule has 2 aromatic heterocycles. The number of fused-ring (bicyclic) bond motifs is 1. The molecule has 0 aliphatic heterocycles. The molecule has 1 atom stereocenters. The highest BCUT2D eigenvalue weighted by Crippen LogP contribution is 2.40. The molecule has 15 heteroatoms. The number of aromatic nitrogens is 2. The highest BCUT2D eigenvalue weighted by atomic mass is 32.2. The van der Waals surface area contributed by atoms with Crippen LogP contribution >= 0.6 is 11.3 Å². The van der Waals surface area contributed by atoms with Gasteiger partial charge in [-0.05, 0) is 48.6 Å². The van der Waals surface area contributed by atoms with Crippen molar-refractivity contribution in [2.45, 2.75) is 68.9 Å². The van der Waals surface area contributed by atoms with E-state index in [1.807, 2.05) is 13.0 Å². The number of carbonyl (C=O) groups excluding carboxylic acids is 1. The number of alkyl halides is 3. The van der Waals surface area contributed by atoms with E-state index in [-0.39, 0.29) is 36.2 Å². The zero-order valence-corrected chi connectivity index (χ0v) is 26.0. The molecule has 1 aromatic carbocycles. The van der Waals surface area contributed by atoms with Gasteiger partial charge < -0.3 is 15.2 Å². The Balaban J connectivity index is 1.72. The first-order valence-corrected chi connectivity index (χ1v) is 16.6. The lowest BCUT2D eigenvalue weighted by Crippen LogP contribution is -2.36. The summed E-state index contributed by atoms with van der Waals surface area (Å²) in [5.74, 6) is -2.73. The normalized spacial score (nSPS) is 15.2. The fourth-order valence-corrected chi connectivity index (χ4v) is 7.86. The first kappa shape index (κ1) is 33.7. The van der Waals surface area contributed by atoms with Gasteiger partial charge in [-0.2, -0.15) is 17.5 Å². The van der Waals surface area contributed by atoms with Crippen molar-refractivity contribution < 1.29 is 41.0 Å². The Kier molecular flexibility index (Phi) is 11.0. The lowest BCUT2D eigenvalue weighted by Gasteiger charge is -2.25. The number of amides is 1. The summed E-state index contributed by atoms with van der Waals surface area (Å²) in [5, 5.41) is 12.1. The van der Waals surface area contributed by atoms with Crippen LogP contribution in [0.4, 0.5) is 18.3 Å². The van der Waals surface area contributed by atoms with Crippen molar-refractivity contribution in [3.05, 3.63) is 47.2 Å². The minimum atomic E-state index is -5.08. The van der Waals surface area contributed by atoms with E-state index in [1.54, 1.807) is 6.07 Å². The molecule has 0 saturated heterocycles. The summed E-state index contributed by atoms with van der Waals surface area (Å²) in [6, 6.07) is 6.45. The number of carboxylic acid groups (broad SMARTS) is 1. The van der Waals surface area contributed by atoms with Gasteiger partial charge in [0.05, 0.1) is 29.4 Å². The number of aliphatic carboxylic acids is 1. The second kappa shape index (κ2) is 14.3. The van der Waals surface area contributed by atoms with Crippen LogP contribution in [0, 0.1) is 5.92 Å². The molecule has 1 aliphatic carbocycles. The minimum absolute atomic E-state index is 0.0298. The first-order chi connectivity index (χ1) is 20.8. The number of thiazole rings is 1. The molecule has 240 valence electrons. The predicted molar refractivity (Wildman–Crippen MR) is 159 cm³/mol. The van der Waals surface area contributed by atoms with Gasteiger partial charge in [0.15, 0.2) is 5.13 Å². The summed E-state index contributed by atoms with van der Waals surface area (Å²) >= 11 is 1.17. The van der Waals surface area contributed by atoms with E-state index < -0.39 is 57.4 Å². The van der Waals surface area contributed by atoms with Crippen LogP contribution in [0.25, 0.3) is 10.3 Å². The molecule has 4 rings (SSSR count). The number of ether oxygens (including phenoxy) is 1. The highest BCUT2D eigenvalue weighted by molar-refractivity contribution is 7.89. The van der Waals surface area contributed by atoms with Crippen molar-refractivity contribution >= 4 is 48.7 Å². The maximum atomic E-state index is 14.5. The van der Waals surface area contributed by atoms with Gasteiger partial charge in [-0.1, -0.05) is 50.0 Å². The van der Waals surface area contributed by atoms with E-state index in [2.05, 4.69) is 15.3 Å². The summed E-state index contributed by atoms with van der Waals surface area (Å²) < 4.78 is 75.9. The number of halogens is 3. The van der Waals surface area contributed by atoms with Gasteiger partial charge in [-0.25, -0.2) is 18.4 Å². The predicted octanol–water partition coefficient (Wildman–Crippen LogP) is 5.69. The Morgan fingerprint density at radius 1 is 1.16 bits per heavy atom. The van der Waals surface area contributed by atoms with Gasteiger partial charge in [0, 0.05) is 25.9 Å². The Bertz CT molecular complexity index is 1590. The lowest BCUT2D eigenvalue weighted by atomic mass is 9.86. The van der Waals surface area contributed by atoms with Crippen molar-refractivity contribution in [2.75, 3.05) is 32.1 Å². The van der Waals surface area contributed by atoms with Crippen LogP contribution in [0.15, 0.2) is 35.2 Å². The SMILES string of the molecule is CCc1ccc2nc(NC(=O)C(CC3CCCC3)c3ccc(S(=O)(=O)N(CCOC)CCC(=O)O)c(C(F)(F)F)c3)sc2n1. The number of carbonyl (C=O) groups is 2. The van der Waals surface area contributed by atoms with E-state index in [1.165, 1.54) is 24.5 Å². The fraction of sp³-hybridized carbons (Fsp3) is 0.517. The molecule has 2 heterocycles. The molecule has 10 nitrogen and oxygen atoms in total. The second-order valence-electron chi connectivity index (χ2n) is 10.7. The maximum Gasteiger partial charge on any atom is 0.417 e. The molecule has 0 bridgehead atoms. The van der Waals surface area contributed by atoms with Crippen molar-refractivity contribution in [2.24, 2.45) is 5.92 Å². The van der Waals surface area contributed by atoms with Crippen LogP contribution in [0.3, 0.4) is 0 Å². The number of hydrogen-bond donors (Lipinski definition) is 2. The van der Waals surface area contributed by atoms with Crippen LogP contribution in [-0.2, 0) is 36.9 Å². The topological polar surface area (TPSA) is 139 Å². The van der Waals surface area contributed by atoms with E-state index in [4.69, 9.17) is 9.84 Å². The molecule has 1 amide bonds. The number of pyridine rings is 1. The average molecular weight is 657 g/mol. The standard InChI is InChI=1S/C29H35F3N4O6S2/c1-3-20-9-10-23-27(33-20)43-28(34-23)35-26(39)21(16-18-6-4-5-7-18)19-8-11-24(22(17-19)29(30,31)32)44(40,41)36(14-15-42-2)13-12-25(37)38/h8-11,17-18,21H,3-7,12-16H2,1-2H3,(H,37,38)(H,34,35,39). The van der Waals surface area contributed by atoms with Gasteiger partial charge >= 0.3 is 12.1 Å². The van der Waals surface area contributed by atoms with E-state index in [0.29, 0.717) is 14.7 Å². The van der Waals surface area contributed by atoms with Gasteiger partial charge in [0.1, 0.15) is 10.3 Å². The Morgan fingerprint density at radius 3 is 2.52 bits per heavy atom. The molecule has 3 aromatic rings. The number of methoxy groups -OCH3 is 1. The number of hydrogen-bond acceptors (Lipinski definition) is 8. The molecule has 1 saturated carbocycles. The van der Waals surface area contributed by atoms with Gasteiger partial charge in [-0.3, -0.25) is 9.59 Å². The Labute approximate surface area is 257 Å². The number of aryl methyl sites for hydroxylation is 1. The molecule has 44 heavy (non-hydrogen) atoms. The van der Waals surface area contributed by atoms with Crippen molar-refractivity contribution in [3.63, 3.8) is 0 Å². The fourth-order valence-electron chi connectivity index (χ4n) is 5.39. The van der Waals surface area contributed by atoms with Gasteiger partial charge in [0.25, 0.3) is 0 Å². The summed E-state index contributed by atoms with van der Waals surface area (Å²) in [6.07, 6.45) is -1.08. The quantitative estimate of drug-likeness (QED) is 0.226. The summed E-state index contributed by atoms with van der Waals surface area (Å²) in [7, 11) is -3.49. The third-order valence-corrected chi connectivity index (χ3v) is 10.6. The van der Waals surface area contributed by atoms with Crippen LogP contribution in [0.1, 0.15) is 68.2 Å². The zero-order chi connectivity index (χ0) is 32.1. The molecule has 2 N–H and O–H groups in total. The number of rotatable bonds is 14. The third kappa shape index (κ3) is 8.11. The minimum Gasteiger partial charge on any atom is -0.481 e. The van der Waals surface area contributed by atoms with Crippen LogP contribution in [-0.4, -0.2) is 66.5 Å². The molecule has 1 unspecified atom stereocenters. The van der Waals surface area contributed by atoms with Crippen LogP contribution in [0.2, 0.25) is 0 Å². The number of benzene rings is 1. The smallest absolute Gasteiger partial charge is 0.417 e. The second-order valence-corrected chi connectivity index (χ2v) is 13.6. The van der Waals surface area contributed by atoms with E-state index >= 15 is 0 Å². The molecule has 1 aliphatic rings. The number of nitrogens with zero attached hydrogens (tertiary/aromatic N) is 3. The van der Waals surface area contributed by atoms with Gasteiger partial charge in [-0.15, -0.1) is 0 Å². The van der Waals surface area contributed by atoms with Gasteiger partial charge in [0.2, 0.25) is 15.9 Å². The Morgan fingerprint density at radius 2 is 1.89 bits per heavy atom. The number of anilines is 1.